The van der Waals surface area contributed by atoms with Crippen molar-refractivity contribution in [2.24, 2.45) is 4.99 Å². The summed E-state index contributed by atoms with van der Waals surface area (Å²) in [6.45, 7) is 5.06. The standard InChI is InChI=1S/C16H26N4O2/c1-12(2)20-15(21)8-9-18-16(17-3)19-11-13-6-5-7-14(10-13)22-4/h5-7,10,12H,8-9,11H2,1-4H3,(H,20,21)(H2,17,18,19). The summed E-state index contributed by atoms with van der Waals surface area (Å²) in [4.78, 5) is 15.7. The maximum absolute atomic E-state index is 11.5. The first-order chi connectivity index (χ1) is 10.5. The number of nitrogens with zero attached hydrogens (tertiary/aromatic N) is 1. The molecular weight excluding hydrogens is 280 g/mol. The van der Waals surface area contributed by atoms with Gasteiger partial charge in [-0.1, -0.05) is 12.1 Å². The lowest BCUT2D eigenvalue weighted by molar-refractivity contribution is -0.121. The van der Waals surface area contributed by atoms with E-state index < -0.39 is 0 Å². The van der Waals surface area contributed by atoms with Crippen LogP contribution < -0.4 is 20.7 Å². The van der Waals surface area contributed by atoms with Crippen LogP contribution in [0.4, 0.5) is 0 Å². The van der Waals surface area contributed by atoms with Crippen LogP contribution in [-0.2, 0) is 11.3 Å². The Kier molecular flexibility index (Phi) is 7.81. The molecule has 3 N–H and O–H groups in total. The molecule has 0 aromatic heterocycles. The van der Waals surface area contributed by atoms with Crippen LogP contribution >= 0.6 is 0 Å². The monoisotopic (exact) mass is 306 g/mol. The summed E-state index contributed by atoms with van der Waals surface area (Å²) in [6, 6.07) is 8.00. The van der Waals surface area contributed by atoms with Crippen LogP contribution in [0.2, 0.25) is 0 Å². The number of benzene rings is 1. The minimum Gasteiger partial charge on any atom is -0.497 e. The van der Waals surface area contributed by atoms with Gasteiger partial charge in [0.15, 0.2) is 5.96 Å². The Morgan fingerprint density at radius 3 is 2.73 bits per heavy atom. The quantitative estimate of drug-likeness (QED) is 0.524. The summed E-state index contributed by atoms with van der Waals surface area (Å²) in [6.07, 6.45) is 0.415. The first-order valence-corrected chi connectivity index (χ1v) is 7.42. The fourth-order valence-corrected chi connectivity index (χ4v) is 1.88. The van der Waals surface area contributed by atoms with E-state index in [0.717, 1.165) is 11.3 Å². The number of hydrogen-bond donors (Lipinski definition) is 3. The molecule has 0 aliphatic heterocycles. The van der Waals surface area contributed by atoms with Gasteiger partial charge in [0.2, 0.25) is 5.91 Å². The van der Waals surface area contributed by atoms with Gasteiger partial charge in [0.1, 0.15) is 5.75 Å². The summed E-state index contributed by atoms with van der Waals surface area (Å²) in [7, 11) is 3.35. The number of nitrogens with one attached hydrogen (secondary N) is 3. The second-order valence-electron chi connectivity index (χ2n) is 5.18. The van der Waals surface area contributed by atoms with E-state index in [2.05, 4.69) is 20.9 Å². The smallest absolute Gasteiger partial charge is 0.221 e. The maximum Gasteiger partial charge on any atom is 0.221 e. The van der Waals surface area contributed by atoms with Crippen molar-refractivity contribution >= 4 is 11.9 Å². The van der Waals surface area contributed by atoms with Gasteiger partial charge >= 0.3 is 0 Å². The normalized spacial score (nSPS) is 11.2. The van der Waals surface area contributed by atoms with Crippen LogP contribution in [0.15, 0.2) is 29.3 Å². The van der Waals surface area contributed by atoms with Gasteiger partial charge in [-0.2, -0.15) is 0 Å². The molecule has 6 heteroatoms. The van der Waals surface area contributed by atoms with Crippen LogP contribution in [-0.4, -0.2) is 38.6 Å². The van der Waals surface area contributed by atoms with Gasteiger partial charge < -0.3 is 20.7 Å². The van der Waals surface area contributed by atoms with Crippen LogP contribution in [0.25, 0.3) is 0 Å². The van der Waals surface area contributed by atoms with Gasteiger partial charge in [0.25, 0.3) is 0 Å². The van der Waals surface area contributed by atoms with Crippen molar-refractivity contribution in [2.45, 2.75) is 32.9 Å². The lowest BCUT2D eigenvalue weighted by Gasteiger charge is -2.13. The highest BCUT2D eigenvalue weighted by Crippen LogP contribution is 2.11. The van der Waals surface area contributed by atoms with Crippen molar-refractivity contribution in [1.29, 1.82) is 0 Å². The molecule has 6 nitrogen and oxygen atoms in total. The molecule has 1 rings (SSSR count). The first-order valence-electron chi connectivity index (χ1n) is 7.42. The molecule has 0 atom stereocenters. The van der Waals surface area contributed by atoms with E-state index in [9.17, 15) is 4.79 Å². The number of rotatable bonds is 7. The van der Waals surface area contributed by atoms with E-state index in [-0.39, 0.29) is 11.9 Å². The summed E-state index contributed by atoms with van der Waals surface area (Å²) < 4.78 is 5.19. The molecule has 1 aromatic rings. The lowest BCUT2D eigenvalue weighted by Crippen LogP contribution is -2.39. The molecule has 1 aromatic carbocycles. The Bertz CT molecular complexity index is 501. The molecular formula is C16H26N4O2. The fourth-order valence-electron chi connectivity index (χ4n) is 1.88. The van der Waals surface area contributed by atoms with Gasteiger partial charge in [0, 0.05) is 32.6 Å². The predicted molar refractivity (Wildman–Crippen MR) is 89.1 cm³/mol. The Hall–Kier alpha value is -2.24. The highest BCUT2D eigenvalue weighted by molar-refractivity contribution is 5.81. The number of carbonyl (C=O) groups excluding carboxylic acids is 1. The topological polar surface area (TPSA) is 74.8 Å². The molecule has 1 amide bonds. The SMILES string of the molecule is CN=C(NCCC(=O)NC(C)C)NCc1cccc(OC)c1. The largest absolute Gasteiger partial charge is 0.497 e. The Balaban J connectivity index is 2.35. The zero-order valence-corrected chi connectivity index (χ0v) is 13.8. The number of aliphatic imine (C=N–C) groups is 1. The second-order valence-corrected chi connectivity index (χ2v) is 5.18. The predicted octanol–water partition coefficient (Wildman–Crippen LogP) is 1.27. The Labute approximate surface area is 132 Å². The van der Waals surface area contributed by atoms with Crippen LogP contribution in [0.1, 0.15) is 25.8 Å². The number of guanidine groups is 1. The summed E-state index contributed by atoms with van der Waals surface area (Å²) in [5, 5.41) is 9.17. The third kappa shape index (κ3) is 6.97. The summed E-state index contributed by atoms with van der Waals surface area (Å²) >= 11 is 0. The van der Waals surface area contributed by atoms with Crippen LogP contribution in [0.3, 0.4) is 0 Å². The molecule has 0 saturated heterocycles. The van der Waals surface area contributed by atoms with E-state index in [0.29, 0.717) is 25.5 Å². The minimum atomic E-state index is 0.0331. The van der Waals surface area contributed by atoms with Gasteiger partial charge in [-0.05, 0) is 31.5 Å². The number of methoxy groups -OCH3 is 1. The van der Waals surface area contributed by atoms with Crippen molar-refractivity contribution in [1.82, 2.24) is 16.0 Å². The average Bonchev–Trinajstić information content (AvgIpc) is 2.50. The van der Waals surface area contributed by atoms with Crippen molar-refractivity contribution in [3.63, 3.8) is 0 Å². The average molecular weight is 306 g/mol. The Morgan fingerprint density at radius 2 is 2.09 bits per heavy atom. The summed E-state index contributed by atoms with van der Waals surface area (Å²) in [5.74, 6) is 1.53. The van der Waals surface area contributed by atoms with Gasteiger partial charge in [-0.25, -0.2) is 0 Å². The minimum absolute atomic E-state index is 0.0331. The molecule has 0 bridgehead atoms. The van der Waals surface area contributed by atoms with E-state index >= 15 is 0 Å². The molecule has 0 fully saturated rings. The van der Waals surface area contributed by atoms with Crippen molar-refractivity contribution in [2.75, 3.05) is 20.7 Å². The molecule has 122 valence electrons. The molecule has 0 radical (unpaired) electrons. The third-order valence-electron chi connectivity index (χ3n) is 2.91. The molecule has 0 heterocycles. The van der Waals surface area contributed by atoms with E-state index in [1.807, 2.05) is 38.1 Å². The van der Waals surface area contributed by atoms with Crippen molar-refractivity contribution in [3.05, 3.63) is 29.8 Å². The maximum atomic E-state index is 11.5. The fraction of sp³-hybridized carbons (Fsp3) is 0.500. The zero-order valence-electron chi connectivity index (χ0n) is 13.8. The molecule has 0 aliphatic rings. The van der Waals surface area contributed by atoms with Crippen LogP contribution in [0.5, 0.6) is 5.75 Å². The lowest BCUT2D eigenvalue weighted by atomic mass is 10.2. The number of amides is 1. The van der Waals surface area contributed by atoms with Gasteiger partial charge in [-0.15, -0.1) is 0 Å². The Morgan fingerprint density at radius 1 is 1.32 bits per heavy atom. The van der Waals surface area contributed by atoms with Crippen molar-refractivity contribution in [3.8, 4) is 5.75 Å². The van der Waals surface area contributed by atoms with E-state index in [1.54, 1.807) is 14.2 Å². The molecule has 0 spiro atoms. The first kappa shape index (κ1) is 17.8. The molecule has 0 saturated carbocycles. The number of carbonyl (C=O) groups is 1. The van der Waals surface area contributed by atoms with E-state index in [1.165, 1.54) is 0 Å². The van der Waals surface area contributed by atoms with Gasteiger partial charge in [-0.3, -0.25) is 9.79 Å². The third-order valence-corrected chi connectivity index (χ3v) is 2.91. The highest BCUT2D eigenvalue weighted by Gasteiger charge is 2.04. The molecule has 22 heavy (non-hydrogen) atoms. The van der Waals surface area contributed by atoms with Crippen molar-refractivity contribution < 1.29 is 9.53 Å². The van der Waals surface area contributed by atoms with Gasteiger partial charge in [0.05, 0.1) is 7.11 Å². The molecule has 0 aliphatic carbocycles. The van der Waals surface area contributed by atoms with E-state index in [4.69, 9.17) is 4.74 Å². The zero-order chi connectivity index (χ0) is 16.4. The highest BCUT2D eigenvalue weighted by atomic mass is 16.5. The number of hydrogen-bond acceptors (Lipinski definition) is 3. The second kappa shape index (κ2) is 9.65. The number of ether oxygens (including phenoxy) is 1. The molecule has 0 unspecified atom stereocenters. The van der Waals surface area contributed by atoms with Crippen LogP contribution in [0, 0.1) is 0 Å². The summed E-state index contributed by atoms with van der Waals surface area (Å²) in [5.41, 5.74) is 1.10.